The van der Waals surface area contributed by atoms with Crippen LogP contribution in [0.25, 0.3) is 240 Å². The molecule has 8 heterocycles. The summed E-state index contributed by atoms with van der Waals surface area (Å²) in [6.07, 6.45) is 0. The molecule has 0 aliphatic heterocycles. The van der Waals surface area contributed by atoms with Crippen LogP contribution in [0.3, 0.4) is 0 Å². The Kier molecular flexibility index (Phi) is 17.4. The fourth-order valence-corrected chi connectivity index (χ4v) is 22.3. The maximum absolute atomic E-state index is 10.8. The van der Waals surface area contributed by atoms with E-state index in [-0.39, 0.29) is 5.41 Å². The number of aromatic nitrogens is 7. The van der Waals surface area contributed by atoms with Crippen molar-refractivity contribution in [3.05, 3.63) is 456 Å². The molecule has 14 nitrogen and oxygen atoms in total. The molecular formula is C123H71N13O. The van der Waals surface area contributed by atoms with Gasteiger partial charge in [-0.2, -0.15) is 15.8 Å². The number of nitriles is 3. The van der Waals surface area contributed by atoms with Gasteiger partial charge in [0, 0.05) is 91.9 Å². The summed E-state index contributed by atoms with van der Waals surface area (Å²) in [6.45, 7) is 29.5. The number of furan rings is 1. The molecular weight excluding hydrogens is 1680 g/mol. The monoisotopic (exact) mass is 1750 g/mol. The Bertz CT molecular complexity index is 10100. The highest BCUT2D eigenvalue weighted by Crippen LogP contribution is 2.53. The third kappa shape index (κ3) is 11.4. The first-order valence-electron chi connectivity index (χ1n) is 45.4. The molecule has 27 aromatic rings. The molecule has 14 heteroatoms. The van der Waals surface area contributed by atoms with Gasteiger partial charge < -0.3 is 36.4 Å². The van der Waals surface area contributed by atoms with Gasteiger partial charge in [-0.05, 0) is 174 Å². The minimum atomic E-state index is -0.165. The van der Waals surface area contributed by atoms with Crippen molar-refractivity contribution in [2.75, 3.05) is 0 Å². The second-order valence-corrected chi connectivity index (χ2v) is 35.5. The van der Waals surface area contributed by atoms with Crippen LogP contribution in [0.5, 0.6) is 0 Å². The van der Waals surface area contributed by atoms with Gasteiger partial charge in [0.2, 0.25) is 17.1 Å². The van der Waals surface area contributed by atoms with Crippen molar-refractivity contribution in [3.8, 4) is 69.1 Å². The van der Waals surface area contributed by atoms with Crippen molar-refractivity contribution in [1.29, 1.82) is 15.8 Å². The summed E-state index contributed by atoms with van der Waals surface area (Å²) >= 11 is 0. The molecule has 1 aliphatic carbocycles. The van der Waals surface area contributed by atoms with Crippen LogP contribution in [0.2, 0.25) is 0 Å². The van der Waals surface area contributed by atoms with E-state index in [2.05, 4.69) is 315 Å². The lowest BCUT2D eigenvalue weighted by atomic mass is 9.82. The molecule has 634 valence electrons. The van der Waals surface area contributed by atoms with Crippen molar-refractivity contribution >= 4 is 192 Å². The molecule has 0 N–H and O–H groups in total. The zero-order chi connectivity index (χ0) is 91.7. The highest BCUT2D eigenvalue weighted by molar-refractivity contribution is 6.25. The fraction of sp³-hybridized carbons (Fsp3) is 0.0244. The van der Waals surface area contributed by atoms with Crippen molar-refractivity contribution in [2.45, 2.75) is 19.3 Å². The van der Waals surface area contributed by atoms with Gasteiger partial charge in [-0.1, -0.05) is 257 Å². The molecule has 0 saturated carbocycles. The summed E-state index contributed by atoms with van der Waals surface area (Å²) < 4.78 is 21.6. The number of nitrogens with zero attached hydrogens (tertiary/aromatic N) is 13. The van der Waals surface area contributed by atoms with E-state index in [9.17, 15) is 15.8 Å². The van der Waals surface area contributed by atoms with Gasteiger partial charge in [0.05, 0.1) is 153 Å². The quantitative estimate of drug-likeness (QED) is 0.147. The second kappa shape index (κ2) is 30.3. The average molecular weight is 1750 g/mol. The molecule has 1 aliphatic rings. The van der Waals surface area contributed by atoms with E-state index >= 15 is 0 Å². The predicted molar refractivity (Wildman–Crippen MR) is 557 cm³/mol. The summed E-state index contributed by atoms with van der Waals surface area (Å²) in [7, 11) is 0. The molecule has 0 amide bonds. The summed E-state index contributed by atoms with van der Waals surface area (Å²) in [4.78, 5) is 12.2. The van der Waals surface area contributed by atoms with Gasteiger partial charge >= 0.3 is 0 Å². The minimum absolute atomic E-state index is 0.165. The molecule has 0 saturated heterocycles. The van der Waals surface area contributed by atoms with Gasteiger partial charge in [0.25, 0.3) is 0 Å². The van der Waals surface area contributed by atoms with E-state index in [1.165, 1.54) is 22.3 Å². The molecule has 0 unspecified atom stereocenters. The fourth-order valence-electron chi connectivity index (χ4n) is 22.3. The lowest BCUT2D eigenvalue weighted by Gasteiger charge is -2.22. The number of rotatable bonds is 7. The van der Waals surface area contributed by atoms with Gasteiger partial charge in [-0.15, -0.1) is 0 Å². The summed E-state index contributed by atoms with van der Waals surface area (Å²) in [5.74, 6) is 0. The molecule has 137 heavy (non-hydrogen) atoms. The lowest BCUT2D eigenvalue weighted by molar-refractivity contribution is 0.661. The van der Waals surface area contributed by atoms with E-state index in [0.717, 1.165) is 180 Å². The van der Waals surface area contributed by atoms with Crippen LogP contribution in [-0.2, 0) is 5.41 Å². The molecule has 0 atom stereocenters. The summed E-state index contributed by atoms with van der Waals surface area (Å²) in [6, 6.07) is 142. The molecule has 0 radical (unpaired) electrons. The predicted octanol–water partition coefficient (Wildman–Crippen LogP) is 32.2. The number of para-hydroxylation sites is 12. The molecule has 19 aromatic carbocycles. The Morgan fingerprint density at radius 3 is 0.927 bits per heavy atom. The molecule has 0 bridgehead atoms. The molecule has 8 aromatic heterocycles. The number of hydrogen-bond acceptors (Lipinski definition) is 4. The Morgan fingerprint density at radius 1 is 0.234 bits per heavy atom. The van der Waals surface area contributed by atoms with E-state index in [4.69, 9.17) is 24.1 Å². The maximum Gasteiger partial charge on any atom is 0.212 e. The van der Waals surface area contributed by atoms with Crippen LogP contribution < -0.4 is 0 Å². The van der Waals surface area contributed by atoms with Gasteiger partial charge in [0.1, 0.15) is 29.4 Å². The van der Waals surface area contributed by atoms with E-state index in [1.54, 1.807) is 0 Å². The first-order valence-corrected chi connectivity index (χ1v) is 45.4. The van der Waals surface area contributed by atoms with E-state index < -0.39 is 0 Å². The SMILES string of the molecule is [C-]#[N+]c1cc(-n2c3ccccc3c3c4oc5ccccc5c4ccc32)c(C#N)cc1-n1c2ccccc2c2ccccc21.[C-]#[N+]c1cc(-n2c3ccccc3c3cc4c(cc32)C(C)(C)c2ccccc2-4)c(C#N)cc1-n1c2ccccc2c2ccccc21.[C-]#[N+]c1cc(-n2c3ccccc3c3cc4c(cc32)c2ccccc2n4-c2ccccc2)c(C#N)cc1-n1c2ccccc2c2ccccc21. The number of benzene rings is 19. The van der Waals surface area contributed by atoms with Crippen molar-refractivity contribution in [1.82, 2.24) is 32.0 Å². The lowest BCUT2D eigenvalue weighted by Crippen LogP contribution is -2.15. The van der Waals surface area contributed by atoms with Crippen LogP contribution in [0, 0.1) is 53.7 Å². The smallest absolute Gasteiger partial charge is 0.212 e. The first kappa shape index (κ1) is 78.6. The average Bonchev–Trinajstić information content (AvgIpc) is 1.55. The zero-order valence-corrected chi connectivity index (χ0v) is 73.7. The standard InChI is InChI=1S/C44H25N5.C41H26N4.C38H20N4O/c1-46-36-26-41(28(27-45)23-44(36)48-38-20-10-5-15-30(38)31-16-6-11-21-39(31)48)49-40-22-12-8-18-33(40)35-24-42-34(25-43(35)49)32-17-7-9-19-37(32)47(42)29-13-3-2-4-14-29;1-41(2)32-16-8-4-12-26(32)30-21-31-29-15-7-11-19-37(29)45(39(31)22-33(30)41)38-23-34(43-3)40(20-25(38)24-42)44-35-17-9-5-13-27(35)28-14-6-10-18-36(28)44;1-40-29-21-34(23(22-39)20-35(29)41-30-14-6-2-10-24(30)25-11-3-7-15-31(25)41)42-32-16-8-4-13-28(32)37-33(42)19-18-27-26-12-5-9-17-36(26)43-38(27)37/h2-26H;4-23H,1-2H3;2-21H. The molecule has 0 fully saturated rings. The zero-order valence-electron chi connectivity index (χ0n) is 73.7. The maximum atomic E-state index is 10.8. The summed E-state index contributed by atoms with van der Waals surface area (Å²) in [5, 5.41) is 49.5. The van der Waals surface area contributed by atoms with Crippen LogP contribution in [-0.4, -0.2) is 32.0 Å². The summed E-state index contributed by atoms with van der Waals surface area (Å²) in [5.41, 5.74) is 29.0. The van der Waals surface area contributed by atoms with Crippen molar-refractivity contribution < 1.29 is 4.42 Å². The minimum Gasteiger partial charge on any atom is -0.455 e. The van der Waals surface area contributed by atoms with Crippen LogP contribution in [0.15, 0.2) is 399 Å². The van der Waals surface area contributed by atoms with Crippen LogP contribution >= 0.6 is 0 Å². The third-order valence-corrected chi connectivity index (χ3v) is 28.2. The molecule has 28 rings (SSSR count). The second-order valence-electron chi connectivity index (χ2n) is 35.5. The first-order chi connectivity index (χ1) is 67.5. The highest BCUT2D eigenvalue weighted by atomic mass is 16.3. The van der Waals surface area contributed by atoms with E-state index in [1.807, 2.05) is 158 Å². The largest absolute Gasteiger partial charge is 0.455 e. The van der Waals surface area contributed by atoms with Crippen molar-refractivity contribution in [2.24, 2.45) is 0 Å². The van der Waals surface area contributed by atoms with Gasteiger partial charge in [0.15, 0.2) is 0 Å². The van der Waals surface area contributed by atoms with Crippen LogP contribution in [0.1, 0.15) is 41.7 Å². The Balaban J connectivity index is 0.000000107. The van der Waals surface area contributed by atoms with Crippen LogP contribution in [0.4, 0.5) is 17.1 Å². The topological polar surface area (TPSA) is 132 Å². The Morgan fingerprint density at radius 2 is 0.533 bits per heavy atom. The Hall–Kier alpha value is -19.5. The van der Waals surface area contributed by atoms with Gasteiger partial charge in [-0.3, -0.25) is 0 Å². The highest BCUT2D eigenvalue weighted by Gasteiger charge is 2.37. The number of hydrogen-bond donors (Lipinski definition) is 0. The normalized spacial score (nSPS) is 12.2. The number of fused-ring (bicyclic) bond motifs is 28. The third-order valence-electron chi connectivity index (χ3n) is 28.2. The van der Waals surface area contributed by atoms with E-state index in [0.29, 0.717) is 67.9 Å². The molecule has 0 spiro atoms. The van der Waals surface area contributed by atoms with Gasteiger partial charge in [-0.25, -0.2) is 14.5 Å². The Labute approximate surface area is 783 Å². The van der Waals surface area contributed by atoms with Crippen molar-refractivity contribution in [3.63, 3.8) is 0 Å².